The summed E-state index contributed by atoms with van der Waals surface area (Å²) in [6, 6.07) is 12.8. The maximum atomic E-state index is 12.5. The van der Waals surface area contributed by atoms with Gasteiger partial charge in [0, 0.05) is 52.0 Å². The van der Waals surface area contributed by atoms with Crippen LogP contribution >= 0.6 is 0 Å². The van der Waals surface area contributed by atoms with Crippen LogP contribution in [-0.2, 0) is 7.05 Å². The van der Waals surface area contributed by atoms with Gasteiger partial charge >= 0.3 is 0 Å². The van der Waals surface area contributed by atoms with E-state index in [4.69, 9.17) is 4.74 Å². The fourth-order valence-electron chi connectivity index (χ4n) is 2.89. The molecule has 1 aliphatic heterocycles. The number of carbonyl (C=O) groups excluding carboxylic acids is 1. The molecular formula is C19H23N3O3. The molecule has 25 heavy (non-hydrogen) atoms. The van der Waals surface area contributed by atoms with Crippen LogP contribution in [0, 0.1) is 0 Å². The summed E-state index contributed by atoms with van der Waals surface area (Å²) in [7, 11) is 1.66. The van der Waals surface area contributed by atoms with E-state index in [9.17, 15) is 9.59 Å². The normalized spacial score (nSPS) is 15.2. The predicted octanol–water partition coefficient (Wildman–Crippen LogP) is 1.22. The van der Waals surface area contributed by atoms with Crippen molar-refractivity contribution in [2.24, 2.45) is 7.05 Å². The lowest BCUT2D eigenvalue weighted by atomic mass is 10.2. The van der Waals surface area contributed by atoms with E-state index in [0.717, 1.165) is 25.4 Å². The van der Waals surface area contributed by atoms with Crippen LogP contribution < -0.4 is 10.3 Å². The van der Waals surface area contributed by atoms with Crippen molar-refractivity contribution in [2.75, 3.05) is 39.3 Å². The largest absolute Gasteiger partial charge is 0.492 e. The lowest BCUT2D eigenvalue weighted by Gasteiger charge is -2.34. The van der Waals surface area contributed by atoms with Crippen molar-refractivity contribution in [2.45, 2.75) is 0 Å². The van der Waals surface area contributed by atoms with Crippen LogP contribution in [0.4, 0.5) is 0 Å². The molecule has 0 aliphatic carbocycles. The summed E-state index contributed by atoms with van der Waals surface area (Å²) in [5, 5.41) is 0. The number of benzene rings is 1. The summed E-state index contributed by atoms with van der Waals surface area (Å²) in [5.74, 6) is 0.863. The molecule has 6 nitrogen and oxygen atoms in total. The minimum absolute atomic E-state index is 0.0178. The Kier molecular flexibility index (Phi) is 5.50. The highest BCUT2D eigenvalue weighted by molar-refractivity contribution is 5.94. The van der Waals surface area contributed by atoms with Gasteiger partial charge in [0.2, 0.25) is 5.56 Å². The Balaban J connectivity index is 1.45. The summed E-state index contributed by atoms with van der Waals surface area (Å²) >= 11 is 0. The number of aryl methyl sites for hydroxylation is 1. The first-order chi connectivity index (χ1) is 12.1. The van der Waals surface area contributed by atoms with Crippen molar-refractivity contribution in [1.82, 2.24) is 14.4 Å². The Hall–Kier alpha value is -2.60. The molecule has 1 fully saturated rings. The van der Waals surface area contributed by atoms with Gasteiger partial charge in [0.1, 0.15) is 12.4 Å². The smallest absolute Gasteiger partial charge is 0.255 e. The van der Waals surface area contributed by atoms with Gasteiger partial charge in [-0.1, -0.05) is 18.2 Å². The average molecular weight is 341 g/mol. The third-order valence-corrected chi connectivity index (χ3v) is 4.41. The van der Waals surface area contributed by atoms with Crippen LogP contribution in [-0.4, -0.2) is 59.6 Å². The van der Waals surface area contributed by atoms with Crippen molar-refractivity contribution in [3.63, 3.8) is 0 Å². The van der Waals surface area contributed by atoms with Crippen LogP contribution in [0.3, 0.4) is 0 Å². The van der Waals surface area contributed by atoms with E-state index in [0.29, 0.717) is 25.3 Å². The minimum atomic E-state index is -0.111. The summed E-state index contributed by atoms with van der Waals surface area (Å²) in [4.78, 5) is 28.1. The SMILES string of the molecule is Cn1cc(C(=O)N2CCN(CCOc3ccccc3)CC2)ccc1=O. The first kappa shape index (κ1) is 17.2. The van der Waals surface area contributed by atoms with E-state index >= 15 is 0 Å². The molecular weight excluding hydrogens is 318 g/mol. The number of piperazine rings is 1. The second kappa shape index (κ2) is 7.98. The molecule has 2 aromatic rings. The van der Waals surface area contributed by atoms with Crippen molar-refractivity contribution < 1.29 is 9.53 Å². The van der Waals surface area contributed by atoms with Crippen LogP contribution in [0.15, 0.2) is 53.5 Å². The van der Waals surface area contributed by atoms with Crippen LogP contribution in [0.1, 0.15) is 10.4 Å². The number of nitrogens with zero attached hydrogens (tertiary/aromatic N) is 3. The highest BCUT2D eigenvalue weighted by Gasteiger charge is 2.22. The van der Waals surface area contributed by atoms with Gasteiger partial charge in [0.25, 0.3) is 5.91 Å². The first-order valence-electron chi connectivity index (χ1n) is 8.49. The lowest BCUT2D eigenvalue weighted by molar-refractivity contribution is 0.0619. The van der Waals surface area contributed by atoms with E-state index in [-0.39, 0.29) is 11.5 Å². The average Bonchev–Trinajstić information content (AvgIpc) is 2.65. The maximum Gasteiger partial charge on any atom is 0.255 e. The van der Waals surface area contributed by atoms with Gasteiger partial charge in [0.05, 0.1) is 5.56 Å². The number of amides is 1. The van der Waals surface area contributed by atoms with Gasteiger partial charge in [0.15, 0.2) is 0 Å². The minimum Gasteiger partial charge on any atom is -0.492 e. The Morgan fingerprint density at radius 2 is 1.76 bits per heavy atom. The van der Waals surface area contributed by atoms with Crippen molar-refractivity contribution in [3.8, 4) is 5.75 Å². The molecule has 1 amide bonds. The summed E-state index contributed by atoms with van der Waals surface area (Å²) in [6.07, 6.45) is 1.60. The standard InChI is InChI=1S/C19H23N3O3/c1-20-15-16(7-8-18(20)23)19(24)22-11-9-21(10-12-22)13-14-25-17-5-3-2-4-6-17/h2-8,15H,9-14H2,1H3. The zero-order valence-electron chi connectivity index (χ0n) is 14.4. The molecule has 132 valence electrons. The van der Waals surface area contributed by atoms with Gasteiger partial charge in [-0.25, -0.2) is 0 Å². The molecule has 6 heteroatoms. The molecule has 0 N–H and O–H groups in total. The molecule has 1 aromatic carbocycles. The van der Waals surface area contributed by atoms with E-state index in [1.165, 1.54) is 10.6 Å². The maximum absolute atomic E-state index is 12.5. The molecule has 0 unspecified atom stereocenters. The molecule has 0 spiro atoms. The molecule has 2 heterocycles. The van der Waals surface area contributed by atoms with Crippen LogP contribution in [0.2, 0.25) is 0 Å². The molecule has 1 aromatic heterocycles. The number of hydrogen-bond acceptors (Lipinski definition) is 4. The van der Waals surface area contributed by atoms with Gasteiger partial charge in [-0.3, -0.25) is 14.5 Å². The van der Waals surface area contributed by atoms with Crippen LogP contribution in [0.5, 0.6) is 5.75 Å². The second-order valence-electron chi connectivity index (χ2n) is 6.16. The summed E-state index contributed by atoms with van der Waals surface area (Å²) in [6.45, 7) is 4.51. The van der Waals surface area contributed by atoms with Gasteiger partial charge in [-0.15, -0.1) is 0 Å². The monoisotopic (exact) mass is 341 g/mol. The molecule has 0 radical (unpaired) electrons. The highest BCUT2D eigenvalue weighted by atomic mass is 16.5. The number of para-hydroxylation sites is 1. The Bertz CT molecular complexity index is 765. The molecule has 0 bridgehead atoms. The van der Waals surface area contributed by atoms with Gasteiger partial charge < -0.3 is 14.2 Å². The molecule has 1 saturated heterocycles. The first-order valence-corrected chi connectivity index (χ1v) is 8.49. The summed E-state index contributed by atoms with van der Waals surface area (Å²) < 4.78 is 7.16. The number of carbonyl (C=O) groups is 1. The fourth-order valence-corrected chi connectivity index (χ4v) is 2.89. The van der Waals surface area contributed by atoms with E-state index in [1.807, 2.05) is 35.2 Å². The number of pyridine rings is 1. The zero-order valence-corrected chi connectivity index (χ0v) is 14.4. The van der Waals surface area contributed by atoms with Crippen molar-refractivity contribution >= 4 is 5.91 Å². The predicted molar refractivity (Wildman–Crippen MR) is 96.0 cm³/mol. The van der Waals surface area contributed by atoms with E-state index in [1.54, 1.807) is 19.3 Å². The Morgan fingerprint density at radius 3 is 2.44 bits per heavy atom. The zero-order chi connectivity index (χ0) is 17.6. The summed E-state index contributed by atoms with van der Waals surface area (Å²) in [5.41, 5.74) is 0.447. The van der Waals surface area contributed by atoms with Crippen molar-refractivity contribution in [3.05, 3.63) is 64.6 Å². The second-order valence-corrected chi connectivity index (χ2v) is 6.16. The number of ether oxygens (including phenoxy) is 1. The molecule has 0 atom stereocenters. The number of rotatable bonds is 5. The third kappa shape index (κ3) is 4.48. The third-order valence-electron chi connectivity index (χ3n) is 4.41. The Labute approximate surface area is 147 Å². The van der Waals surface area contributed by atoms with E-state index in [2.05, 4.69) is 4.90 Å². The van der Waals surface area contributed by atoms with Crippen LogP contribution in [0.25, 0.3) is 0 Å². The fraction of sp³-hybridized carbons (Fsp3) is 0.368. The van der Waals surface area contributed by atoms with Crippen molar-refractivity contribution in [1.29, 1.82) is 0 Å². The molecule has 1 aliphatic rings. The lowest BCUT2D eigenvalue weighted by Crippen LogP contribution is -2.49. The van der Waals surface area contributed by atoms with Gasteiger partial charge in [-0.05, 0) is 18.2 Å². The number of hydrogen-bond donors (Lipinski definition) is 0. The topological polar surface area (TPSA) is 54.8 Å². The van der Waals surface area contributed by atoms with E-state index < -0.39 is 0 Å². The molecule has 3 rings (SSSR count). The van der Waals surface area contributed by atoms with Gasteiger partial charge in [-0.2, -0.15) is 0 Å². The quantitative estimate of drug-likeness (QED) is 0.821. The highest BCUT2D eigenvalue weighted by Crippen LogP contribution is 2.10. The Morgan fingerprint density at radius 1 is 1.04 bits per heavy atom. The number of aromatic nitrogens is 1. The molecule has 0 saturated carbocycles.